The number of aromatic nitrogens is 2. The summed E-state index contributed by atoms with van der Waals surface area (Å²) in [6.45, 7) is 1.83. The summed E-state index contributed by atoms with van der Waals surface area (Å²) in [5.41, 5.74) is 10.1. The molecule has 0 radical (unpaired) electrons. The number of carbonyl (C=O) groups is 2. The normalized spacial score (nSPS) is 11.2. The smallest absolute Gasteiger partial charge is 0.243 e. The van der Waals surface area contributed by atoms with Crippen LogP contribution in [0.5, 0.6) is 0 Å². The molecule has 7 nitrogen and oxygen atoms in total. The van der Waals surface area contributed by atoms with E-state index in [0.29, 0.717) is 5.69 Å². The van der Waals surface area contributed by atoms with Gasteiger partial charge < -0.3 is 20.9 Å². The number of fused-ring (bicyclic) bond motifs is 4. The number of hydrogen-bond donors (Lipinski definition) is 3. The average Bonchev–Trinajstić information content (AvgIpc) is 3.09. The third-order valence-corrected chi connectivity index (χ3v) is 4.99. The average molecular weight is 375 g/mol. The highest BCUT2D eigenvalue weighted by atomic mass is 16.2. The van der Waals surface area contributed by atoms with Gasteiger partial charge in [0.05, 0.1) is 18.6 Å². The summed E-state index contributed by atoms with van der Waals surface area (Å²) in [5, 5.41) is 7.43. The van der Waals surface area contributed by atoms with Crippen molar-refractivity contribution in [1.82, 2.24) is 14.9 Å². The van der Waals surface area contributed by atoms with E-state index in [0.717, 1.165) is 33.4 Å². The molecule has 2 aromatic rings. The number of rotatable bonds is 4. The molecule has 0 aliphatic carbocycles. The van der Waals surface area contributed by atoms with E-state index >= 15 is 0 Å². The molecule has 0 fully saturated rings. The number of carbonyl (C=O) groups excluding carboxylic acids is 2. The number of amides is 2. The summed E-state index contributed by atoms with van der Waals surface area (Å²) in [5.74, 6) is 0.231. The second-order valence-electron chi connectivity index (χ2n) is 6.77. The third kappa shape index (κ3) is 2.95. The van der Waals surface area contributed by atoms with Gasteiger partial charge in [0.1, 0.15) is 5.82 Å². The van der Waals surface area contributed by atoms with Gasteiger partial charge in [-0.15, -0.1) is 0 Å². The molecule has 2 amide bonds. The topological polar surface area (TPSA) is 102 Å². The lowest BCUT2D eigenvalue weighted by atomic mass is 10.00. The molecule has 4 rings (SSSR count). The van der Waals surface area contributed by atoms with E-state index in [1.165, 1.54) is 5.39 Å². The van der Waals surface area contributed by atoms with Crippen LogP contribution >= 0.6 is 0 Å². The Morgan fingerprint density at radius 2 is 1.89 bits per heavy atom. The van der Waals surface area contributed by atoms with Crippen LogP contribution in [0.15, 0.2) is 42.5 Å². The second kappa shape index (κ2) is 6.94. The van der Waals surface area contributed by atoms with Crippen molar-refractivity contribution in [3.8, 4) is 11.4 Å². The first-order chi connectivity index (χ1) is 13.5. The highest BCUT2D eigenvalue weighted by molar-refractivity contribution is 6.05. The lowest BCUT2D eigenvalue weighted by Gasteiger charge is -2.15. The van der Waals surface area contributed by atoms with Crippen molar-refractivity contribution in [2.75, 3.05) is 18.4 Å². The van der Waals surface area contributed by atoms with Crippen LogP contribution in [-0.2, 0) is 16.6 Å². The van der Waals surface area contributed by atoms with E-state index in [1.807, 2.05) is 37.4 Å². The number of benzene rings is 2. The molecule has 0 unspecified atom stereocenters. The van der Waals surface area contributed by atoms with Gasteiger partial charge in [-0.2, -0.15) is 0 Å². The molecule has 142 valence electrons. The fraction of sp³-hybridized carbons (Fsp3) is 0.190. The van der Waals surface area contributed by atoms with Crippen molar-refractivity contribution in [2.24, 2.45) is 12.8 Å². The van der Waals surface area contributed by atoms with Gasteiger partial charge in [0.15, 0.2) is 0 Å². The van der Waals surface area contributed by atoms with Gasteiger partial charge >= 0.3 is 0 Å². The molecule has 28 heavy (non-hydrogen) atoms. The van der Waals surface area contributed by atoms with E-state index in [9.17, 15) is 9.59 Å². The van der Waals surface area contributed by atoms with E-state index < -0.39 is 0 Å². The molecule has 0 spiro atoms. The van der Waals surface area contributed by atoms with Crippen molar-refractivity contribution < 1.29 is 9.59 Å². The Kier molecular flexibility index (Phi) is 4.44. The van der Waals surface area contributed by atoms with Gasteiger partial charge in [0.25, 0.3) is 0 Å². The number of anilines is 1. The van der Waals surface area contributed by atoms with Crippen molar-refractivity contribution >= 4 is 39.3 Å². The first kappa shape index (κ1) is 17.9. The van der Waals surface area contributed by atoms with Crippen LogP contribution < -0.4 is 16.4 Å². The van der Waals surface area contributed by atoms with E-state index in [-0.39, 0.29) is 24.9 Å². The Labute approximate surface area is 161 Å². The van der Waals surface area contributed by atoms with Crippen LogP contribution in [0.4, 0.5) is 5.69 Å². The highest BCUT2D eigenvalue weighted by Crippen LogP contribution is 2.38. The number of para-hydroxylation sites is 1. The Bertz CT molecular complexity index is 1190. The lowest BCUT2D eigenvalue weighted by Crippen LogP contribution is -2.36. The van der Waals surface area contributed by atoms with Crippen LogP contribution in [0.25, 0.3) is 33.2 Å². The summed E-state index contributed by atoms with van der Waals surface area (Å²) < 4.78 is 2.10. The fourth-order valence-corrected chi connectivity index (χ4v) is 3.60. The Morgan fingerprint density at radius 3 is 2.68 bits per heavy atom. The zero-order valence-electron chi connectivity index (χ0n) is 15.7. The Hall–Kier alpha value is -3.45. The molecule has 0 aromatic heterocycles. The van der Waals surface area contributed by atoms with Crippen LogP contribution in [0, 0.1) is 6.92 Å². The zero-order valence-corrected chi connectivity index (χ0v) is 15.7. The lowest BCUT2D eigenvalue weighted by molar-refractivity contribution is -0.123. The number of nitrogens with two attached hydrogens (primary N) is 1. The molecule has 0 bridgehead atoms. The van der Waals surface area contributed by atoms with Crippen LogP contribution in [0.1, 0.15) is 5.56 Å². The SMILES string of the molecule is Cc1c2c3cc(NC(=O)CNC(=O)CN)ccc3nc-2n(C)c2ccccc12. The number of nitrogens with one attached hydrogen (secondary N) is 2. The maximum absolute atomic E-state index is 12.1. The molecule has 2 aliphatic rings. The third-order valence-electron chi connectivity index (χ3n) is 4.99. The molecule has 2 aliphatic heterocycles. The van der Waals surface area contributed by atoms with Gasteiger partial charge in [0.2, 0.25) is 11.8 Å². The van der Waals surface area contributed by atoms with E-state index in [2.05, 4.69) is 34.3 Å². The van der Waals surface area contributed by atoms with Gasteiger partial charge in [-0.1, -0.05) is 18.2 Å². The number of hydrogen-bond acceptors (Lipinski definition) is 4. The quantitative estimate of drug-likeness (QED) is 0.509. The molecule has 2 heterocycles. The van der Waals surface area contributed by atoms with Gasteiger partial charge in [-0.05, 0) is 36.8 Å². The standard InChI is InChI=1S/C21H21N5O2/c1-12-14-5-3-4-6-17(14)26(2)21-20(12)15-9-13(7-8-16(15)25-21)24-19(28)11-23-18(27)10-22/h3-9H,10-11,22H2,1-2H3,(H,23,27)(H,24,28). The maximum Gasteiger partial charge on any atom is 0.243 e. The molecule has 0 atom stereocenters. The summed E-state index contributed by atoms with van der Waals surface area (Å²) in [4.78, 5) is 28.1. The highest BCUT2D eigenvalue weighted by Gasteiger charge is 2.20. The molecular weight excluding hydrogens is 354 g/mol. The van der Waals surface area contributed by atoms with Crippen LogP contribution in [0.2, 0.25) is 0 Å². The monoisotopic (exact) mass is 375 g/mol. The Balaban J connectivity index is 1.76. The largest absolute Gasteiger partial charge is 0.346 e. The summed E-state index contributed by atoms with van der Waals surface area (Å²) in [6.07, 6.45) is 0. The molecular formula is C21H21N5O2. The van der Waals surface area contributed by atoms with Crippen LogP contribution in [-0.4, -0.2) is 34.5 Å². The van der Waals surface area contributed by atoms with Crippen molar-refractivity contribution in [2.45, 2.75) is 6.92 Å². The predicted octanol–water partition coefficient (Wildman–Crippen LogP) is 2.15. The van der Waals surface area contributed by atoms with Gasteiger partial charge in [0, 0.05) is 34.6 Å². The zero-order chi connectivity index (χ0) is 19.8. The first-order valence-corrected chi connectivity index (χ1v) is 9.03. The summed E-state index contributed by atoms with van der Waals surface area (Å²) in [7, 11) is 2.01. The van der Waals surface area contributed by atoms with Crippen molar-refractivity contribution in [3.05, 3.63) is 48.0 Å². The minimum atomic E-state index is -0.369. The number of nitrogens with zero attached hydrogens (tertiary/aromatic N) is 2. The predicted molar refractivity (Wildman–Crippen MR) is 110 cm³/mol. The number of pyridine rings is 1. The molecule has 4 N–H and O–H groups in total. The Morgan fingerprint density at radius 1 is 1.11 bits per heavy atom. The van der Waals surface area contributed by atoms with E-state index in [1.54, 1.807) is 0 Å². The fourth-order valence-electron chi connectivity index (χ4n) is 3.60. The van der Waals surface area contributed by atoms with Crippen molar-refractivity contribution in [3.63, 3.8) is 0 Å². The second-order valence-corrected chi connectivity index (χ2v) is 6.77. The van der Waals surface area contributed by atoms with E-state index in [4.69, 9.17) is 10.7 Å². The summed E-state index contributed by atoms with van der Waals surface area (Å²) >= 11 is 0. The molecule has 0 saturated heterocycles. The minimum absolute atomic E-state index is 0.118. The number of aryl methyl sites for hydroxylation is 2. The molecule has 2 aromatic carbocycles. The maximum atomic E-state index is 12.1. The minimum Gasteiger partial charge on any atom is -0.346 e. The van der Waals surface area contributed by atoms with Gasteiger partial charge in [-0.3, -0.25) is 9.59 Å². The van der Waals surface area contributed by atoms with Crippen LogP contribution in [0.3, 0.4) is 0 Å². The van der Waals surface area contributed by atoms with Gasteiger partial charge in [-0.25, -0.2) is 4.98 Å². The summed E-state index contributed by atoms with van der Waals surface area (Å²) in [6, 6.07) is 13.9. The molecule has 7 heteroatoms. The molecule has 0 saturated carbocycles. The first-order valence-electron chi connectivity index (χ1n) is 9.03. The van der Waals surface area contributed by atoms with Crippen molar-refractivity contribution in [1.29, 1.82) is 0 Å².